The second-order valence-electron chi connectivity index (χ2n) is 9.03. The van der Waals surface area contributed by atoms with E-state index < -0.39 is 40.5 Å². The number of carbonyl (C=O) groups is 4. The molecule has 15 heteroatoms. The molecule has 42 heavy (non-hydrogen) atoms. The Balaban J connectivity index is 0.00000144. The number of aromatic nitrogens is 1. The number of hydrogen-bond donors (Lipinski definition) is 6. The molecular weight excluding hydrogens is 586 g/mol. The summed E-state index contributed by atoms with van der Waals surface area (Å²) in [6.07, 6.45) is 1.65. The van der Waals surface area contributed by atoms with Crippen LogP contribution in [-0.2, 0) is 19.6 Å². The van der Waals surface area contributed by atoms with Crippen molar-refractivity contribution in [3.8, 4) is 0 Å². The van der Waals surface area contributed by atoms with Gasteiger partial charge in [0.2, 0.25) is 10.0 Å². The van der Waals surface area contributed by atoms with E-state index in [9.17, 15) is 27.9 Å². The zero-order chi connectivity index (χ0) is 31.4. The number of sulfonamides is 1. The Morgan fingerprint density at radius 3 is 2.00 bits per heavy atom. The second-order valence-corrected chi connectivity index (χ2v) is 11.8. The van der Waals surface area contributed by atoms with E-state index in [1.165, 1.54) is 12.1 Å². The topological polar surface area (TPSA) is 204 Å². The second kappa shape index (κ2) is 15.6. The third kappa shape index (κ3) is 10.6. The molecule has 2 amide bonds. The van der Waals surface area contributed by atoms with Crippen LogP contribution in [0.1, 0.15) is 43.0 Å². The van der Waals surface area contributed by atoms with Crippen molar-refractivity contribution < 1.29 is 37.8 Å². The molecule has 0 aliphatic carbocycles. The zero-order valence-corrected chi connectivity index (χ0v) is 25.1. The Hall–Kier alpha value is -4.34. The number of nitrogens with zero attached hydrogens (tertiary/aromatic N) is 1. The van der Waals surface area contributed by atoms with Crippen LogP contribution in [0.2, 0.25) is 0 Å². The lowest BCUT2D eigenvalue weighted by molar-refractivity contribution is -0.139. The smallest absolute Gasteiger partial charge is 0.323 e. The maximum atomic E-state index is 12.9. The summed E-state index contributed by atoms with van der Waals surface area (Å²) in [5.41, 5.74) is 1.85. The van der Waals surface area contributed by atoms with E-state index in [0.29, 0.717) is 34.9 Å². The number of rotatable bonds is 12. The lowest BCUT2D eigenvalue weighted by Crippen LogP contribution is -2.48. The predicted molar refractivity (Wildman–Crippen MR) is 157 cm³/mol. The van der Waals surface area contributed by atoms with Crippen molar-refractivity contribution in [2.75, 3.05) is 25.0 Å². The number of anilines is 1. The van der Waals surface area contributed by atoms with Crippen molar-refractivity contribution in [1.29, 1.82) is 0 Å². The molecular formula is C27H33N5O8S2. The van der Waals surface area contributed by atoms with Crippen LogP contribution in [0.5, 0.6) is 0 Å². The summed E-state index contributed by atoms with van der Waals surface area (Å²) >= 11 is 0.936. The minimum atomic E-state index is -4.17. The van der Waals surface area contributed by atoms with Crippen LogP contribution >= 0.6 is 11.3 Å². The summed E-state index contributed by atoms with van der Waals surface area (Å²) in [6.45, 7) is 6.47. The van der Waals surface area contributed by atoms with Gasteiger partial charge in [-0.05, 0) is 56.2 Å². The fourth-order valence-corrected chi connectivity index (χ4v) is 6.28. The largest absolute Gasteiger partial charge is 0.481 e. The van der Waals surface area contributed by atoms with Crippen molar-refractivity contribution in [3.63, 3.8) is 0 Å². The molecule has 2 aromatic heterocycles. The van der Waals surface area contributed by atoms with Gasteiger partial charge in [0.1, 0.15) is 11.9 Å². The molecule has 0 spiro atoms. The number of amides is 2. The SMILES string of the molecule is CC(=O)O.Cc1cc(C)c(S(=O)(=O)NC(CNC(=O)c2ccc(C(=O)NCCNc3ccccn3)s2)C(=O)O)c(C)c1. The van der Waals surface area contributed by atoms with E-state index in [0.717, 1.165) is 23.8 Å². The van der Waals surface area contributed by atoms with Crippen LogP contribution in [0.15, 0.2) is 53.6 Å². The van der Waals surface area contributed by atoms with Gasteiger partial charge in [-0.3, -0.25) is 19.2 Å². The molecule has 0 bridgehead atoms. The summed E-state index contributed by atoms with van der Waals surface area (Å²) in [5, 5.41) is 25.2. The van der Waals surface area contributed by atoms with Crippen LogP contribution in [0.3, 0.4) is 0 Å². The number of hydrogen-bond acceptors (Lipinski definition) is 9. The van der Waals surface area contributed by atoms with Crippen molar-refractivity contribution >= 4 is 50.9 Å². The average Bonchev–Trinajstić information content (AvgIpc) is 3.39. The van der Waals surface area contributed by atoms with Crippen molar-refractivity contribution in [2.24, 2.45) is 0 Å². The molecule has 226 valence electrons. The van der Waals surface area contributed by atoms with Gasteiger partial charge in [-0.25, -0.2) is 13.4 Å². The quantitative estimate of drug-likeness (QED) is 0.163. The van der Waals surface area contributed by atoms with Crippen LogP contribution < -0.4 is 20.7 Å². The molecule has 3 rings (SSSR count). The monoisotopic (exact) mass is 619 g/mol. The highest BCUT2D eigenvalue weighted by molar-refractivity contribution is 7.89. The summed E-state index contributed by atoms with van der Waals surface area (Å²) in [6, 6.07) is 10.2. The lowest BCUT2D eigenvalue weighted by Gasteiger charge is -2.18. The Morgan fingerprint density at radius 2 is 1.48 bits per heavy atom. The minimum absolute atomic E-state index is 0.00446. The first-order valence-electron chi connectivity index (χ1n) is 12.5. The number of aliphatic carboxylic acids is 2. The summed E-state index contributed by atoms with van der Waals surface area (Å²) < 4.78 is 28.1. The van der Waals surface area contributed by atoms with E-state index in [1.807, 2.05) is 13.0 Å². The zero-order valence-electron chi connectivity index (χ0n) is 23.4. The molecule has 13 nitrogen and oxygen atoms in total. The molecule has 0 aliphatic heterocycles. The molecule has 6 N–H and O–H groups in total. The standard InChI is InChI=1S/C25H29N5O6S2.C2H4O2/c1-15-12-16(2)22(17(3)13-15)38(35,36)30-18(25(33)34)14-29-24(32)20-8-7-19(37-20)23(31)28-11-10-27-21-6-4-5-9-26-21;1-2(3)4/h4-9,12-13,18,30H,10-11,14H2,1-3H3,(H,26,27)(H,28,31)(H,29,32)(H,33,34);1H3,(H,3,4). The van der Waals surface area contributed by atoms with Crippen LogP contribution in [0, 0.1) is 20.8 Å². The number of pyridine rings is 1. The first-order valence-corrected chi connectivity index (χ1v) is 14.8. The van der Waals surface area contributed by atoms with Crippen LogP contribution in [0.25, 0.3) is 0 Å². The summed E-state index contributed by atoms with van der Waals surface area (Å²) in [4.78, 5) is 50.3. The number of thiophene rings is 1. The van der Waals surface area contributed by atoms with Crippen LogP contribution in [0.4, 0.5) is 5.82 Å². The normalized spacial score (nSPS) is 11.4. The molecule has 3 aromatic rings. The van der Waals surface area contributed by atoms with E-state index in [2.05, 4.69) is 25.7 Å². The molecule has 2 heterocycles. The molecule has 0 saturated carbocycles. The number of carbonyl (C=O) groups excluding carboxylic acids is 2. The molecule has 0 radical (unpaired) electrons. The number of aryl methyl sites for hydroxylation is 3. The Labute approximate surface area is 247 Å². The third-order valence-corrected chi connectivity index (χ3v) is 8.23. The third-order valence-electron chi connectivity index (χ3n) is 5.37. The number of carboxylic acid groups (broad SMARTS) is 2. The number of carboxylic acids is 2. The number of nitrogens with one attached hydrogen (secondary N) is 4. The van der Waals surface area contributed by atoms with Gasteiger partial charge >= 0.3 is 5.97 Å². The molecule has 0 saturated heterocycles. The van der Waals surface area contributed by atoms with Gasteiger partial charge in [-0.1, -0.05) is 23.8 Å². The van der Waals surface area contributed by atoms with E-state index in [1.54, 1.807) is 44.3 Å². The maximum Gasteiger partial charge on any atom is 0.323 e. The molecule has 0 aliphatic rings. The van der Waals surface area contributed by atoms with Gasteiger partial charge in [-0.15, -0.1) is 11.3 Å². The van der Waals surface area contributed by atoms with Crippen LogP contribution in [-0.4, -0.2) is 73.0 Å². The van der Waals surface area contributed by atoms with Gasteiger partial charge in [-0.2, -0.15) is 4.72 Å². The van der Waals surface area contributed by atoms with Gasteiger partial charge in [0.25, 0.3) is 17.8 Å². The highest BCUT2D eigenvalue weighted by Gasteiger charge is 2.28. The maximum absolute atomic E-state index is 12.9. The predicted octanol–water partition coefficient (Wildman–Crippen LogP) is 2.16. The molecule has 0 fully saturated rings. The van der Waals surface area contributed by atoms with Crippen molar-refractivity contribution in [2.45, 2.75) is 38.6 Å². The first kappa shape index (κ1) is 33.9. The van der Waals surface area contributed by atoms with Crippen molar-refractivity contribution in [3.05, 3.63) is 75.1 Å². The highest BCUT2D eigenvalue weighted by atomic mass is 32.2. The van der Waals surface area contributed by atoms with Crippen molar-refractivity contribution in [1.82, 2.24) is 20.3 Å². The summed E-state index contributed by atoms with van der Waals surface area (Å²) in [5.74, 6) is -2.58. The van der Waals surface area contributed by atoms with E-state index in [4.69, 9.17) is 9.90 Å². The summed E-state index contributed by atoms with van der Waals surface area (Å²) in [7, 11) is -4.17. The highest BCUT2D eigenvalue weighted by Crippen LogP contribution is 2.22. The minimum Gasteiger partial charge on any atom is -0.481 e. The fourth-order valence-electron chi connectivity index (χ4n) is 3.80. The molecule has 1 unspecified atom stereocenters. The fraction of sp³-hybridized carbons (Fsp3) is 0.296. The Morgan fingerprint density at radius 1 is 0.905 bits per heavy atom. The average molecular weight is 620 g/mol. The van der Waals surface area contributed by atoms with Gasteiger partial charge in [0, 0.05) is 32.8 Å². The van der Waals surface area contributed by atoms with E-state index >= 15 is 0 Å². The lowest BCUT2D eigenvalue weighted by atomic mass is 10.1. The van der Waals surface area contributed by atoms with Gasteiger partial charge < -0.3 is 26.2 Å². The number of benzene rings is 1. The van der Waals surface area contributed by atoms with Gasteiger partial charge in [0.15, 0.2) is 0 Å². The molecule has 1 atom stereocenters. The molecule has 1 aromatic carbocycles. The Bertz CT molecular complexity index is 1500. The first-order chi connectivity index (χ1) is 19.7. The Kier molecular flexibility index (Phi) is 12.6. The van der Waals surface area contributed by atoms with E-state index in [-0.39, 0.29) is 15.7 Å². The van der Waals surface area contributed by atoms with Gasteiger partial charge in [0.05, 0.1) is 14.6 Å².